The summed E-state index contributed by atoms with van der Waals surface area (Å²) in [7, 11) is -1.51. The Morgan fingerprint density at radius 2 is 2.00 bits per heavy atom. The van der Waals surface area contributed by atoms with E-state index in [1.807, 2.05) is 0 Å². The lowest BCUT2D eigenvalue weighted by molar-refractivity contribution is 0.237. The molecule has 0 aromatic carbocycles. The maximum absolute atomic E-state index is 6.21. The van der Waals surface area contributed by atoms with E-state index in [0.717, 1.165) is 12.5 Å². The second kappa shape index (κ2) is 5.65. The van der Waals surface area contributed by atoms with Gasteiger partial charge in [0.25, 0.3) is 0 Å². The van der Waals surface area contributed by atoms with Crippen LogP contribution >= 0.6 is 0 Å². The summed E-state index contributed by atoms with van der Waals surface area (Å²) in [6.07, 6.45) is 3.96. The predicted octanol–water partition coefficient (Wildman–Crippen LogP) is 3.40. The summed E-state index contributed by atoms with van der Waals surface area (Å²) in [5, 5.41) is 3.81. The Hall–Kier alpha value is 0.137. The third-order valence-electron chi connectivity index (χ3n) is 4.19. The van der Waals surface area contributed by atoms with E-state index in [1.54, 1.807) is 0 Å². The molecule has 0 aliphatic carbocycles. The smallest absolute Gasteiger partial charge is 0.191 e. The van der Waals surface area contributed by atoms with Crippen LogP contribution in [0.1, 0.15) is 40.0 Å². The lowest BCUT2D eigenvalue weighted by Gasteiger charge is -2.36. The summed E-state index contributed by atoms with van der Waals surface area (Å²) in [5.41, 5.74) is 0. The zero-order valence-corrected chi connectivity index (χ0v) is 12.7. The molecule has 0 unspecified atom stereocenters. The Morgan fingerprint density at radius 1 is 1.31 bits per heavy atom. The standard InChI is InChI=1S/C13H29NOSi/c1-13(2,3)16(4,5)15-10-8-12-7-6-9-14-11-12/h12,14H,6-11H2,1-5H3/t12-/m0/s1. The number of rotatable bonds is 4. The quantitative estimate of drug-likeness (QED) is 0.764. The van der Waals surface area contributed by atoms with Crippen LogP contribution in [0.25, 0.3) is 0 Å². The molecule has 0 aromatic heterocycles. The molecule has 3 heteroatoms. The molecule has 1 heterocycles. The lowest BCUT2D eigenvalue weighted by Crippen LogP contribution is -2.41. The minimum absolute atomic E-state index is 0.345. The Morgan fingerprint density at radius 3 is 2.50 bits per heavy atom. The first-order valence-electron chi connectivity index (χ1n) is 6.67. The number of nitrogens with one attached hydrogen (secondary N) is 1. The van der Waals surface area contributed by atoms with Crippen molar-refractivity contribution < 1.29 is 4.43 Å². The molecule has 96 valence electrons. The summed E-state index contributed by atoms with van der Waals surface area (Å²) < 4.78 is 6.21. The van der Waals surface area contributed by atoms with Crippen LogP contribution in [0.4, 0.5) is 0 Å². The van der Waals surface area contributed by atoms with Crippen LogP contribution < -0.4 is 5.32 Å². The van der Waals surface area contributed by atoms with Gasteiger partial charge in [-0.15, -0.1) is 0 Å². The maximum Gasteiger partial charge on any atom is 0.191 e. The van der Waals surface area contributed by atoms with Gasteiger partial charge in [0.2, 0.25) is 0 Å². The molecule has 16 heavy (non-hydrogen) atoms. The zero-order valence-electron chi connectivity index (χ0n) is 11.7. The van der Waals surface area contributed by atoms with Gasteiger partial charge < -0.3 is 9.74 Å². The molecule has 1 rings (SSSR count). The van der Waals surface area contributed by atoms with Crippen molar-refractivity contribution in [1.82, 2.24) is 5.32 Å². The molecule has 1 aliphatic heterocycles. The van der Waals surface area contributed by atoms with Crippen LogP contribution in [0, 0.1) is 5.92 Å². The molecule has 1 atom stereocenters. The van der Waals surface area contributed by atoms with Crippen molar-refractivity contribution >= 4 is 8.32 Å². The first-order chi connectivity index (χ1) is 7.33. The minimum atomic E-state index is -1.51. The molecule has 0 bridgehead atoms. The van der Waals surface area contributed by atoms with Crippen LogP contribution in [-0.4, -0.2) is 28.0 Å². The van der Waals surface area contributed by atoms with Crippen molar-refractivity contribution in [3.8, 4) is 0 Å². The molecule has 0 amide bonds. The van der Waals surface area contributed by atoms with Gasteiger partial charge in [-0.25, -0.2) is 0 Å². The highest BCUT2D eigenvalue weighted by Gasteiger charge is 2.36. The number of hydrogen-bond acceptors (Lipinski definition) is 2. The topological polar surface area (TPSA) is 21.3 Å². The van der Waals surface area contributed by atoms with Crippen LogP contribution in [0.2, 0.25) is 18.1 Å². The molecule has 1 N–H and O–H groups in total. The van der Waals surface area contributed by atoms with E-state index in [9.17, 15) is 0 Å². The van der Waals surface area contributed by atoms with Crippen molar-refractivity contribution in [3.05, 3.63) is 0 Å². The second-order valence-corrected chi connectivity index (χ2v) is 11.4. The normalized spacial score (nSPS) is 23.4. The van der Waals surface area contributed by atoms with E-state index in [0.29, 0.717) is 5.04 Å². The maximum atomic E-state index is 6.21. The number of hydrogen-bond donors (Lipinski definition) is 1. The summed E-state index contributed by atoms with van der Waals surface area (Å²) >= 11 is 0. The van der Waals surface area contributed by atoms with E-state index in [2.05, 4.69) is 39.2 Å². The molecule has 0 aromatic rings. The van der Waals surface area contributed by atoms with Crippen molar-refractivity contribution in [2.24, 2.45) is 5.92 Å². The van der Waals surface area contributed by atoms with Crippen LogP contribution in [0.5, 0.6) is 0 Å². The van der Waals surface area contributed by atoms with Crippen molar-refractivity contribution in [2.45, 2.75) is 58.2 Å². The lowest BCUT2D eigenvalue weighted by atomic mass is 9.97. The van der Waals surface area contributed by atoms with E-state index >= 15 is 0 Å². The van der Waals surface area contributed by atoms with Gasteiger partial charge in [-0.2, -0.15) is 0 Å². The first kappa shape index (κ1) is 14.2. The fourth-order valence-corrected chi connectivity index (χ4v) is 2.93. The molecular formula is C13H29NOSi. The largest absolute Gasteiger partial charge is 0.417 e. The average Bonchev–Trinajstić information content (AvgIpc) is 2.17. The summed E-state index contributed by atoms with van der Waals surface area (Å²) in [6, 6.07) is 0. The molecule has 2 nitrogen and oxygen atoms in total. The number of piperidine rings is 1. The second-order valence-electron chi connectivity index (χ2n) is 6.61. The summed E-state index contributed by atoms with van der Waals surface area (Å²) in [4.78, 5) is 0. The molecule has 0 radical (unpaired) electrons. The van der Waals surface area contributed by atoms with Crippen LogP contribution in [0.3, 0.4) is 0 Å². The van der Waals surface area contributed by atoms with Crippen molar-refractivity contribution in [2.75, 3.05) is 19.7 Å². The third-order valence-corrected chi connectivity index (χ3v) is 8.73. The minimum Gasteiger partial charge on any atom is -0.417 e. The molecule has 0 spiro atoms. The van der Waals surface area contributed by atoms with Gasteiger partial charge in [0, 0.05) is 6.61 Å². The highest BCUT2D eigenvalue weighted by atomic mass is 28.4. The first-order valence-corrected chi connectivity index (χ1v) is 9.58. The molecule has 1 saturated heterocycles. The zero-order chi connectivity index (χ0) is 12.2. The van der Waals surface area contributed by atoms with Gasteiger partial charge in [-0.05, 0) is 56.4 Å². The highest BCUT2D eigenvalue weighted by molar-refractivity contribution is 6.74. The van der Waals surface area contributed by atoms with E-state index < -0.39 is 8.32 Å². The highest BCUT2D eigenvalue weighted by Crippen LogP contribution is 2.36. The Kier molecular flexibility index (Phi) is 5.01. The van der Waals surface area contributed by atoms with Crippen LogP contribution in [-0.2, 0) is 4.43 Å². The molecule has 1 aliphatic rings. The van der Waals surface area contributed by atoms with Gasteiger partial charge in [-0.1, -0.05) is 20.8 Å². The van der Waals surface area contributed by atoms with Crippen molar-refractivity contribution in [1.29, 1.82) is 0 Å². The molecular weight excluding hydrogens is 214 g/mol. The van der Waals surface area contributed by atoms with Gasteiger partial charge in [0.15, 0.2) is 8.32 Å². The Bertz CT molecular complexity index is 204. The van der Waals surface area contributed by atoms with E-state index in [1.165, 1.54) is 32.4 Å². The monoisotopic (exact) mass is 243 g/mol. The third kappa shape index (κ3) is 4.19. The Labute approximate surface area is 102 Å². The van der Waals surface area contributed by atoms with Gasteiger partial charge in [0.05, 0.1) is 0 Å². The van der Waals surface area contributed by atoms with Gasteiger partial charge in [-0.3, -0.25) is 0 Å². The van der Waals surface area contributed by atoms with Crippen LogP contribution in [0.15, 0.2) is 0 Å². The SMILES string of the molecule is CC(C)(C)[Si](C)(C)OCC[C@@H]1CCCNC1. The van der Waals surface area contributed by atoms with Crippen molar-refractivity contribution in [3.63, 3.8) is 0 Å². The molecule has 1 fully saturated rings. The molecule has 0 saturated carbocycles. The summed E-state index contributed by atoms with van der Waals surface area (Å²) in [5.74, 6) is 0.846. The van der Waals surface area contributed by atoms with Gasteiger partial charge >= 0.3 is 0 Å². The van der Waals surface area contributed by atoms with Gasteiger partial charge in [0.1, 0.15) is 0 Å². The average molecular weight is 243 g/mol. The fourth-order valence-electron chi connectivity index (χ4n) is 1.87. The predicted molar refractivity (Wildman–Crippen MR) is 73.4 cm³/mol. The fraction of sp³-hybridized carbons (Fsp3) is 1.00. The Balaban J connectivity index is 2.23. The van der Waals surface area contributed by atoms with E-state index in [4.69, 9.17) is 4.43 Å². The summed E-state index contributed by atoms with van der Waals surface area (Å²) in [6.45, 7) is 15.0. The van der Waals surface area contributed by atoms with E-state index in [-0.39, 0.29) is 0 Å².